The molecule has 2 saturated heterocycles. The first-order valence-corrected chi connectivity index (χ1v) is 8.28. The van der Waals surface area contributed by atoms with Crippen LogP contribution in [0.1, 0.15) is 25.7 Å². The maximum Gasteiger partial charge on any atom is 0.237 e. The topological polar surface area (TPSA) is 114 Å². The van der Waals surface area contributed by atoms with Crippen LogP contribution in [0.2, 0.25) is 0 Å². The largest absolute Gasteiger partial charge is 0.381 e. The highest BCUT2D eigenvalue weighted by Gasteiger charge is 2.39. The Morgan fingerprint density at radius 1 is 1.38 bits per heavy atom. The van der Waals surface area contributed by atoms with Gasteiger partial charge in [-0.15, -0.1) is 0 Å². The molecule has 1 aromatic heterocycles. The number of rotatable bonds is 5. The van der Waals surface area contributed by atoms with E-state index in [4.69, 9.17) is 15.0 Å². The molecule has 1 aromatic rings. The normalized spacial score (nSPS) is 21.0. The maximum absolute atomic E-state index is 12.7. The number of amides is 1. The van der Waals surface area contributed by atoms with E-state index in [2.05, 4.69) is 20.4 Å². The van der Waals surface area contributed by atoms with E-state index >= 15 is 0 Å². The highest BCUT2D eigenvalue weighted by atomic mass is 16.5. The van der Waals surface area contributed by atoms with Crippen LogP contribution >= 0.6 is 0 Å². The van der Waals surface area contributed by atoms with Crippen molar-refractivity contribution in [3.63, 3.8) is 0 Å². The van der Waals surface area contributed by atoms with Crippen LogP contribution in [-0.4, -0.2) is 47.7 Å². The Kier molecular flexibility index (Phi) is 5.34. The molecule has 9 nitrogen and oxygen atoms in total. The zero-order chi connectivity index (χ0) is 16.8. The average molecular weight is 334 g/mol. The number of carbonyl (C=O) groups excluding carboxylic acids is 1. The van der Waals surface area contributed by atoms with Crippen molar-refractivity contribution in [2.75, 3.05) is 31.7 Å². The second-order valence-corrected chi connectivity index (χ2v) is 6.24. The van der Waals surface area contributed by atoms with E-state index in [9.17, 15) is 4.79 Å². The second kappa shape index (κ2) is 7.65. The van der Waals surface area contributed by atoms with Crippen LogP contribution in [-0.2, 0) is 20.8 Å². The molecule has 2 aliphatic rings. The molecule has 2 fully saturated rings. The average Bonchev–Trinajstić information content (AvgIpc) is 3.04. The summed E-state index contributed by atoms with van der Waals surface area (Å²) >= 11 is 0. The van der Waals surface area contributed by atoms with Crippen LogP contribution in [0.15, 0.2) is 17.4 Å². The SMILES string of the molecule is [N-]=[N+]=NC1(C(=O)Nc2ccnn2CC2CCOCC2)CCOCC1. The zero-order valence-corrected chi connectivity index (χ0v) is 13.6. The van der Waals surface area contributed by atoms with Crippen molar-refractivity contribution in [3.8, 4) is 0 Å². The summed E-state index contributed by atoms with van der Waals surface area (Å²) in [7, 11) is 0. The number of hydrogen-bond acceptors (Lipinski definition) is 5. The minimum Gasteiger partial charge on any atom is -0.381 e. The smallest absolute Gasteiger partial charge is 0.237 e. The number of carbonyl (C=O) groups is 1. The Bertz CT molecular complexity index is 612. The molecular weight excluding hydrogens is 312 g/mol. The molecule has 2 aliphatic heterocycles. The van der Waals surface area contributed by atoms with Gasteiger partial charge in [0.15, 0.2) is 0 Å². The Balaban J connectivity index is 1.69. The number of azide groups is 1. The number of nitrogens with one attached hydrogen (secondary N) is 1. The summed E-state index contributed by atoms with van der Waals surface area (Å²) in [5.41, 5.74) is 7.76. The third-order valence-corrected chi connectivity index (χ3v) is 4.71. The molecule has 0 bridgehead atoms. The highest BCUT2D eigenvalue weighted by molar-refractivity contribution is 5.97. The fraction of sp³-hybridized carbons (Fsp3) is 0.733. The number of aromatic nitrogens is 2. The molecule has 0 spiro atoms. The summed E-state index contributed by atoms with van der Waals surface area (Å²) < 4.78 is 12.5. The van der Waals surface area contributed by atoms with Gasteiger partial charge in [0.05, 0.1) is 6.20 Å². The van der Waals surface area contributed by atoms with Crippen molar-refractivity contribution in [1.82, 2.24) is 9.78 Å². The van der Waals surface area contributed by atoms with Gasteiger partial charge in [-0.25, -0.2) is 4.68 Å². The lowest BCUT2D eigenvalue weighted by atomic mass is 9.90. The van der Waals surface area contributed by atoms with Gasteiger partial charge < -0.3 is 14.8 Å². The summed E-state index contributed by atoms with van der Waals surface area (Å²) in [5, 5.41) is 11.0. The first-order chi connectivity index (χ1) is 11.7. The van der Waals surface area contributed by atoms with Crippen LogP contribution in [0.3, 0.4) is 0 Å². The van der Waals surface area contributed by atoms with Gasteiger partial charge in [-0.1, -0.05) is 5.11 Å². The zero-order valence-electron chi connectivity index (χ0n) is 13.6. The Morgan fingerprint density at radius 2 is 2.08 bits per heavy atom. The van der Waals surface area contributed by atoms with Crippen molar-refractivity contribution in [2.45, 2.75) is 37.8 Å². The van der Waals surface area contributed by atoms with Gasteiger partial charge in [0, 0.05) is 44.0 Å². The van der Waals surface area contributed by atoms with Crippen LogP contribution in [0.4, 0.5) is 5.82 Å². The summed E-state index contributed by atoms with van der Waals surface area (Å²) in [6, 6.07) is 1.76. The first-order valence-electron chi connectivity index (χ1n) is 8.28. The Hall–Kier alpha value is -2.09. The molecule has 0 unspecified atom stereocenters. The molecule has 0 radical (unpaired) electrons. The van der Waals surface area contributed by atoms with E-state index in [0.717, 1.165) is 32.6 Å². The van der Waals surface area contributed by atoms with E-state index in [1.165, 1.54) is 0 Å². The van der Waals surface area contributed by atoms with Crippen molar-refractivity contribution in [3.05, 3.63) is 22.7 Å². The van der Waals surface area contributed by atoms with Gasteiger partial charge in [0.2, 0.25) is 5.91 Å². The van der Waals surface area contributed by atoms with Crippen molar-refractivity contribution < 1.29 is 14.3 Å². The Morgan fingerprint density at radius 3 is 2.79 bits per heavy atom. The quantitative estimate of drug-likeness (QED) is 0.504. The van der Waals surface area contributed by atoms with Gasteiger partial charge in [0.25, 0.3) is 0 Å². The summed E-state index contributed by atoms with van der Waals surface area (Å²) in [6.07, 6.45) is 4.42. The molecular formula is C15H22N6O3. The molecule has 3 heterocycles. The Labute approximate surface area is 139 Å². The summed E-state index contributed by atoms with van der Waals surface area (Å²) in [6.45, 7) is 3.10. The van der Waals surface area contributed by atoms with Crippen LogP contribution in [0, 0.1) is 5.92 Å². The predicted octanol–water partition coefficient (Wildman–Crippen LogP) is 2.11. The number of ether oxygens (including phenoxy) is 2. The van der Waals surface area contributed by atoms with Crippen LogP contribution in [0.25, 0.3) is 10.4 Å². The van der Waals surface area contributed by atoms with Gasteiger partial charge in [-0.05, 0) is 37.1 Å². The van der Waals surface area contributed by atoms with Crippen molar-refractivity contribution >= 4 is 11.7 Å². The minimum absolute atomic E-state index is 0.294. The minimum atomic E-state index is -1.08. The number of anilines is 1. The summed E-state index contributed by atoms with van der Waals surface area (Å²) in [5.74, 6) is 0.825. The van der Waals surface area contributed by atoms with E-state index in [1.54, 1.807) is 16.9 Å². The fourth-order valence-corrected chi connectivity index (χ4v) is 3.16. The van der Waals surface area contributed by atoms with Crippen LogP contribution in [0.5, 0.6) is 0 Å². The van der Waals surface area contributed by atoms with Gasteiger partial charge in [0.1, 0.15) is 11.4 Å². The molecule has 0 aliphatic carbocycles. The lowest BCUT2D eigenvalue weighted by Gasteiger charge is -2.31. The van der Waals surface area contributed by atoms with Gasteiger partial charge >= 0.3 is 0 Å². The predicted molar refractivity (Wildman–Crippen MR) is 86.3 cm³/mol. The number of hydrogen-bond donors (Lipinski definition) is 1. The standard InChI is InChI=1S/C15H22N6O3/c16-20-19-15(4-9-24-10-5-15)14(22)18-13-1-6-17-21(13)11-12-2-7-23-8-3-12/h1,6,12H,2-5,7-11H2,(H,18,22). The molecule has 0 saturated carbocycles. The first kappa shape index (κ1) is 16.8. The third-order valence-electron chi connectivity index (χ3n) is 4.71. The molecule has 3 rings (SSSR count). The van der Waals surface area contributed by atoms with Crippen LogP contribution < -0.4 is 5.32 Å². The van der Waals surface area contributed by atoms with Crippen molar-refractivity contribution in [1.29, 1.82) is 0 Å². The molecule has 24 heavy (non-hydrogen) atoms. The molecule has 9 heteroatoms. The van der Waals surface area contributed by atoms with Gasteiger partial charge in [-0.3, -0.25) is 4.79 Å². The third kappa shape index (κ3) is 3.69. The lowest BCUT2D eigenvalue weighted by Crippen LogP contribution is -2.45. The summed E-state index contributed by atoms with van der Waals surface area (Å²) in [4.78, 5) is 15.6. The van der Waals surface area contributed by atoms with E-state index in [0.29, 0.717) is 37.8 Å². The molecule has 0 atom stereocenters. The fourth-order valence-electron chi connectivity index (χ4n) is 3.16. The number of nitrogens with zero attached hydrogens (tertiary/aromatic N) is 5. The van der Waals surface area contributed by atoms with E-state index in [1.807, 2.05) is 0 Å². The second-order valence-electron chi connectivity index (χ2n) is 6.24. The molecule has 0 aromatic carbocycles. The molecule has 1 amide bonds. The van der Waals surface area contributed by atoms with Crippen molar-refractivity contribution in [2.24, 2.45) is 11.0 Å². The molecule has 130 valence electrons. The maximum atomic E-state index is 12.7. The molecule has 1 N–H and O–H groups in total. The van der Waals surface area contributed by atoms with E-state index < -0.39 is 5.54 Å². The van der Waals surface area contributed by atoms with E-state index in [-0.39, 0.29) is 5.91 Å². The lowest BCUT2D eigenvalue weighted by molar-refractivity contribution is -0.124. The highest BCUT2D eigenvalue weighted by Crippen LogP contribution is 2.28. The monoisotopic (exact) mass is 334 g/mol. The van der Waals surface area contributed by atoms with Gasteiger partial charge in [-0.2, -0.15) is 5.10 Å².